The Hall–Kier alpha value is -0.870. The summed E-state index contributed by atoms with van der Waals surface area (Å²) < 4.78 is 6.04. The summed E-state index contributed by atoms with van der Waals surface area (Å²) in [5, 5.41) is 2.11. The average molecular weight is 336 g/mol. The lowest BCUT2D eigenvalue weighted by molar-refractivity contribution is -0.160. The Morgan fingerprint density at radius 2 is 1.91 bits per heavy atom. The Morgan fingerprint density at radius 1 is 1.26 bits per heavy atom. The highest BCUT2D eigenvalue weighted by Gasteiger charge is 2.47. The van der Waals surface area contributed by atoms with Crippen molar-refractivity contribution in [2.75, 3.05) is 20.1 Å². The Balaban J connectivity index is 1.80. The molecule has 1 aromatic heterocycles. The molecule has 1 atom stereocenters. The summed E-state index contributed by atoms with van der Waals surface area (Å²) in [7, 11) is 2.13. The van der Waals surface area contributed by atoms with Gasteiger partial charge in [-0.2, -0.15) is 0 Å². The van der Waals surface area contributed by atoms with Crippen LogP contribution >= 0.6 is 11.3 Å². The fourth-order valence-corrected chi connectivity index (χ4v) is 5.39. The second kappa shape index (κ2) is 6.94. The van der Waals surface area contributed by atoms with Crippen molar-refractivity contribution in [1.29, 1.82) is 0 Å². The van der Waals surface area contributed by atoms with Crippen molar-refractivity contribution in [2.45, 2.75) is 63.9 Å². The summed E-state index contributed by atoms with van der Waals surface area (Å²) in [6.45, 7) is 6.31. The molecule has 3 rings (SSSR count). The summed E-state index contributed by atoms with van der Waals surface area (Å²) in [5.41, 5.74) is 0.780. The van der Waals surface area contributed by atoms with Gasteiger partial charge in [0.2, 0.25) is 0 Å². The Labute approximate surface area is 144 Å². The number of hydrogen-bond donors (Lipinski definition) is 0. The van der Waals surface area contributed by atoms with E-state index in [1.54, 1.807) is 11.3 Å². The number of carbonyl (C=O) groups excluding carboxylic acids is 1. The molecule has 0 bridgehead atoms. The van der Waals surface area contributed by atoms with E-state index in [0.717, 1.165) is 38.8 Å². The maximum absolute atomic E-state index is 13.2. The van der Waals surface area contributed by atoms with Crippen molar-refractivity contribution < 1.29 is 9.53 Å². The van der Waals surface area contributed by atoms with Crippen LogP contribution < -0.4 is 0 Å². The second-order valence-electron chi connectivity index (χ2n) is 7.52. The number of rotatable bonds is 4. The maximum Gasteiger partial charge on any atom is 0.317 e. The van der Waals surface area contributed by atoms with Crippen molar-refractivity contribution in [3.63, 3.8) is 0 Å². The van der Waals surface area contributed by atoms with E-state index >= 15 is 0 Å². The Bertz CT molecular complexity index is 541. The van der Waals surface area contributed by atoms with E-state index in [-0.39, 0.29) is 12.1 Å². The molecule has 1 aliphatic heterocycles. The predicted octanol–water partition coefficient (Wildman–Crippen LogP) is 4.14. The number of piperidine rings is 1. The zero-order chi connectivity index (χ0) is 16.4. The predicted molar refractivity (Wildman–Crippen MR) is 95.0 cm³/mol. The molecule has 0 N–H and O–H groups in total. The molecular weight excluding hydrogens is 306 g/mol. The number of esters is 1. The van der Waals surface area contributed by atoms with Gasteiger partial charge in [-0.1, -0.05) is 12.8 Å². The zero-order valence-electron chi connectivity index (χ0n) is 14.6. The summed E-state index contributed by atoms with van der Waals surface area (Å²) in [6, 6.07) is 2.13. The quantitative estimate of drug-likeness (QED) is 0.775. The molecule has 128 valence electrons. The minimum absolute atomic E-state index is 0.0181. The molecule has 1 aromatic rings. The van der Waals surface area contributed by atoms with Crippen molar-refractivity contribution in [3.05, 3.63) is 21.9 Å². The van der Waals surface area contributed by atoms with Crippen LogP contribution in [-0.4, -0.2) is 37.1 Å². The van der Waals surface area contributed by atoms with Crippen LogP contribution in [0.3, 0.4) is 0 Å². The average Bonchev–Trinajstić information content (AvgIpc) is 3.20. The van der Waals surface area contributed by atoms with Crippen LogP contribution in [0.15, 0.2) is 11.4 Å². The molecular formula is C19H29NO2S. The van der Waals surface area contributed by atoms with Crippen LogP contribution in [0.1, 0.15) is 55.9 Å². The fourth-order valence-electron chi connectivity index (χ4n) is 4.23. The molecule has 3 nitrogen and oxygen atoms in total. The lowest BCUT2D eigenvalue weighted by Crippen LogP contribution is -2.44. The summed E-state index contributed by atoms with van der Waals surface area (Å²) in [5.74, 6) is 0.447. The van der Waals surface area contributed by atoms with Gasteiger partial charge in [-0.3, -0.25) is 4.79 Å². The molecule has 2 fully saturated rings. The van der Waals surface area contributed by atoms with E-state index in [9.17, 15) is 4.79 Å². The lowest BCUT2D eigenvalue weighted by Gasteiger charge is -2.36. The molecule has 4 heteroatoms. The third-order valence-corrected chi connectivity index (χ3v) is 7.12. The normalized spacial score (nSPS) is 23.8. The van der Waals surface area contributed by atoms with E-state index in [2.05, 4.69) is 37.2 Å². The number of likely N-dealkylation sites (tertiary alicyclic amines) is 1. The Morgan fingerprint density at radius 3 is 2.48 bits per heavy atom. The monoisotopic (exact) mass is 335 g/mol. The fraction of sp³-hybridized carbons (Fsp3) is 0.737. The number of nitrogens with zero attached hydrogens (tertiary/aromatic N) is 1. The molecule has 2 aliphatic rings. The topological polar surface area (TPSA) is 29.5 Å². The van der Waals surface area contributed by atoms with E-state index in [1.165, 1.54) is 23.3 Å². The van der Waals surface area contributed by atoms with Crippen LogP contribution in [0.4, 0.5) is 0 Å². The molecule has 1 saturated carbocycles. The van der Waals surface area contributed by atoms with Gasteiger partial charge in [-0.25, -0.2) is 0 Å². The molecule has 2 heterocycles. The second-order valence-corrected chi connectivity index (χ2v) is 8.44. The van der Waals surface area contributed by atoms with Crippen LogP contribution in [-0.2, 0) is 14.9 Å². The first kappa shape index (κ1) is 17.0. The molecule has 0 amide bonds. The van der Waals surface area contributed by atoms with Crippen molar-refractivity contribution in [2.24, 2.45) is 5.92 Å². The smallest absolute Gasteiger partial charge is 0.317 e. The summed E-state index contributed by atoms with van der Waals surface area (Å²) >= 11 is 1.73. The van der Waals surface area contributed by atoms with Crippen molar-refractivity contribution in [1.82, 2.24) is 4.90 Å². The van der Waals surface area contributed by atoms with Crippen LogP contribution in [0.25, 0.3) is 0 Å². The Kier molecular flexibility index (Phi) is 5.12. The molecule has 0 radical (unpaired) electrons. The van der Waals surface area contributed by atoms with E-state index in [0.29, 0.717) is 5.92 Å². The first-order valence-corrected chi connectivity index (χ1v) is 9.84. The van der Waals surface area contributed by atoms with Crippen LogP contribution in [0, 0.1) is 12.8 Å². The van der Waals surface area contributed by atoms with Gasteiger partial charge in [0.15, 0.2) is 0 Å². The number of aryl methyl sites for hydroxylation is 1. The maximum atomic E-state index is 13.2. The number of ether oxygens (including phenoxy) is 1. The van der Waals surface area contributed by atoms with E-state index in [1.807, 2.05) is 0 Å². The third kappa shape index (κ3) is 3.34. The number of carbonyl (C=O) groups is 1. The van der Waals surface area contributed by atoms with Gasteiger partial charge in [0.25, 0.3) is 0 Å². The first-order chi connectivity index (χ1) is 11.0. The standard InChI is InChI=1S/C19H29NO2S/c1-14-10-13-23-17(14)19(2,15-6-4-5-7-15)18(21)22-16-8-11-20(3)12-9-16/h10,13,15-16H,4-9,11-12H2,1-3H3. The van der Waals surface area contributed by atoms with Gasteiger partial charge >= 0.3 is 5.97 Å². The zero-order valence-corrected chi connectivity index (χ0v) is 15.5. The SMILES string of the molecule is Cc1ccsc1C(C)(C(=O)OC1CCN(C)CC1)C1CCCC1. The van der Waals surface area contributed by atoms with Gasteiger partial charge in [0.1, 0.15) is 11.5 Å². The van der Waals surface area contributed by atoms with Gasteiger partial charge < -0.3 is 9.64 Å². The highest BCUT2D eigenvalue weighted by atomic mass is 32.1. The molecule has 0 spiro atoms. The molecule has 23 heavy (non-hydrogen) atoms. The van der Waals surface area contributed by atoms with Crippen molar-refractivity contribution >= 4 is 17.3 Å². The highest BCUT2D eigenvalue weighted by molar-refractivity contribution is 7.10. The van der Waals surface area contributed by atoms with Crippen LogP contribution in [0.2, 0.25) is 0 Å². The number of thiophene rings is 1. The molecule has 0 aromatic carbocycles. The number of hydrogen-bond acceptors (Lipinski definition) is 4. The van der Waals surface area contributed by atoms with Crippen LogP contribution in [0.5, 0.6) is 0 Å². The molecule has 1 aliphatic carbocycles. The third-order valence-electron chi connectivity index (χ3n) is 5.87. The molecule has 1 saturated heterocycles. The highest BCUT2D eigenvalue weighted by Crippen LogP contribution is 2.46. The molecule has 1 unspecified atom stereocenters. The van der Waals surface area contributed by atoms with E-state index in [4.69, 9.17) is 4.74 Å². The van der Waals surface area contributed by atoms with Gasteiger partial charge in [-0.15, -0.1) is 11.3 Å². The minimum Gasteiger partial charge on any atom is -0.462 e. The summed E-state index contributed by atoms with van der Waals surface area (Å²) in [4.78, 5) is 16.8. The summed E-state index contributed by atoms with van der Waals surface area (Å²) in [6.07, 6.45) is 6.81. The van der Waals surface area contributed by atoms with Gasteiger partial charge in [0.05, 0.1) is 0 Å². The largest absolute Gasteiger partial charge is 0.462 e. The van der Waals surface area contributed by atoms with E-state index < -0.39 is 5.41 Å². The van der Waals surface area contributed by atoms with Gasteiger partial charge in [0, 0.05) is 18.0 Å². The van der Waals surface area contributed by atoms with Crippen molar-refractivity contribution in [3.8, 4) is 0 Å². The van der Waals surface area contributed by atoms with Gasteiger partial charge in [-0.05, 0) is 69.5 Å². The first-order valence-electron chi connectivity index (χ1n) is 8.96. The minimum atomic E-state index is -0.460. The lowest BCUT2D eigenvalue weighted by atomic mass is 9.73.